The zero-order valence-electron chi connectivity index (χ0n) is 50.3. The predicted octanol–water partition coefficient (Wildman–Crippen LogP) is 21.7. The maximum Gasteiger partial charge on any atom is 0.306 e. The highest BCUT2D eigenvalue weighted by Gasteiger charge is 2.19. The molecule has 6 nitrogen and oxygen atoms in total. The topological polar surface area (TPSA) is 78.9 Å². The molecule has 0 aliphatic rings. The maximum atomic E-state index is 12.9. The van der Waals surface area contributed by atoms with Crippen molar-refractivity contribution in [3.63, 3.8) is 0 Å². The molecule has 0 N–H and O–H groups in total. The Bertz CT molecular complexity index is 1870. The molecule has 0 aliphatic heterocycles. The Morgan fingerprint density at radius 3 is 0.810 bits per heavy atom. The number of ether oxygens (including phenoxy) is 3. The molecule has 0 aliphatic carbocycles. The molecule has 1 atom stereocenters. The molecule has 0 radical (unpaired) electrons. The van der Waals surface area contributed by atoms with Crippen molar-refractivity contribution in [2.45, 2.75) is 245 Å². The second-order valence-electron chi connectivity index (χ2n) is 19.8. The zero-order chi connectivity index (χ0) is 57.1. The van der Waals surface area contributed by atoms with Crippen LogP contribution in [0.2, 0.25) is 0 Å². The summed E-state index contributed by atoms with van der Waals surface area (Å²) in [5, 5.41) is 0. The van der Waals surface area contributed by atoms with Gasteiger partial charge in [0.25, 0.3) is 0 Å². The SMILES string of the molecule is CC/C=C\C/C=C\C/C=C\C/C=C\C/C=C\C/C=C\C/C=C\C/C=C\CCCCCCC(=O)OCC(COC(=O)CCCCCCC/C=C\C/C=C\CCCCC)OC(=O)CCC/C=C\C/C=C\C/C=C\C/C=C\C/C=C\CC. The van der Waals surface area contributed by atoms with Gasteiger partial charge in [-0.25, -0.2) is 0 Å². The summed E-state index contributed by atoms with van der Waals surface area (Å²) in [7, 11) is 0. The number of unbranched alkanes of at least 4 members (excludes halogenated alkanes) is 13. The molecule has 440 valence electrons. The molecule has 0 aromatic heterocycles. The van der Waals surface area contributed by atoms with Crippen LogP contribution >= 0.6 is 0 Å². The van der Waals surface area contributed by atoms with E-state index in [-0.39, 0.29) is 37.5 Å². The van der Waals surface area contributed by atoms with Gasteiger partial charge in [0.1, 0.15) is 13.2 Å². The van der Waals surface area contributed by atoms with Crippen LogP contribution in [0.3, 0.4) is 0 Å². The Hall–Kier alpha value is -5.49. The lowest BCUT2D eigenvalue weighted by molar-refractivity contribution is -0.167. The van der Waals surface area contributed by atoms with Crippen molar-refractivity contribution in [1.29, 1.82) is 0 Å². The average molecular weight is 1090 g/mol. The standard InChI is InChI=1S/C73H112O6/c1-4-7-10-13-16-19-22-25-28-30-31-32-33-34-35-36-37-38-39-40-41-43-45-48-51-54-57-60-63-66-72(75)78-69-70(68-77-71(74)65-62-59-56-53-50-47-44-27-24-21-18-15-12-9-6-3)79-73(76)67-64-61-58-55-52-49-46-42-29-26-23-20-17-14-11-8-5-2/h7-8,10-11,16-21,25-29,31-32,34-35,37-38,40-41,44-46,48-49,55,58,70H,4-6,9,12-15,22-24,30,33,36,39,42-43,47,50-54,56-57,59-69H2,1-3H3/b10-7-,11-8-,19-16-,20-17-,21-18-,28-25-,29-26-,32-31-,35-34-,38-37-,41-40-,44-27-,48-45-,49-46-,58-55-. The van der Waals surface area contributed by atoms with Crippen molar-refractivity contribution in [2.24, 2.45) is 0 Å². The van der Waals surface area contributed by atoms with Crippen molar-refractivity contribution < 1.29 is 28.6 Å². The van der Waals surface area contributed by atoms with Crippen LogP contribution in [0.1, 0.15) is 239 Å². The fraction of sp³-hybridized carbons (Fsp3) is 0.548. The van der Waals surface area contributed by atoms with Gasteiger partial charge >= 0.3 is 17.9 Å². The molecule has 0 spiro atoms. The van der Waals surface area contributed by atoms with Gasteiger partial charge in [0.15, 0.2) is 6.10 Å². The summed E-state index contributed by atoms with van der Waals surface area (Å²) in [6.45, 7) is 6.29. The average Bonchev–Trinajstić information content (AvgIpc) is 3.45. The molecule has 79 heavy (non-hydrogen) atoms. The molecular formula is C73H112O6. The van der Waals surface area contributed by atoms with Gasteiger partial charge in [0, 0.05) is 19.3 Å². The molecule has 0 bridgehead atoms. The van der Waals surface area contributed by atoms with Gasteiger partial charge < -0.3 is 14.2 Å². The fourth-order valence-corrected chi connectivity index (χ4v) is 7.76. The highest BCUT2D eigenvalue weighted by Crippen LogP contribution is 2.12. The summed E-state index contributed by atoms with van der Waals surface area (Å²) in [4.78, 5) is 38.3. The quantitative estimate of drug-likeness (QED) is 0.0261. The largest absolute Gasteiger partial charge is 0.462 e. The van der Waals surface area contributed by atoms with Crippen molar-refractivity contribution >= 4 is 17.9 Å². The van der Waals surface area contributed by atoms with Gasteiger partial charge in [-0.1, -0.05) is 248 Å². The van der Waals surface area contributed by atoms with Crippen LogP contribution < -0.4 is 0 Å². The summed E-state index contributed by atoms with van der Waals surface area (Å²) in [5.74, 6) is -1.03. The van der Waals surface area contributed by atoms with E-state index in [1.807, 2.05) is 0 Å². The van der Waals surface area contributed by atoms with Gasteiger partial charge in [-0.15, -0.1) is 0 Å². The molecule has 1 unspecified atom stereocenters. The van der Waals surface area contributed by atoms with Crippen LogP contribution in [-0.2, 0) is 28.6 Å². The first kappa shape index (κ1) is 73.5. The van der Waals surface area contributed by atoms with Crippen LogP contribution in [0.4, 0.5) is 0 Å². The van der Waals surface area contributed by atoms with Gasteiger partial charge in [0.2, 0.25) is 0 Å². The van der Waals surface area contributed by atoms with E-state index in [0.29, 0.717) is 19.3 Å². The predicted molar refractivity (Wildman–Crippen MR) is 343 cm³/mol. The third kappa shape index (κ3) is 63.2. The minimum absolute atomic E-state index is 0.125. The molecule has 0 amide bonds. The van der Waals surface area contributed by atoms with E-state index in [4.69, 9.17) is 14.2 Å². The summed E-state index contributed by atoms with van der Waals surface area (Å²) in [5.41, 5.74) is 0. The molecule has 6 heteroatoms. The molecule has 0 saturated carbocycles. The summed E-state index contributed by atoms with van der Waals surface area (Å²) in [6, 6.07) is 0. The van der Waals surface area contributed by atoms with Crippen LogP contribution in [0.25, 0.3) is 0 Å². The molecular weight excluding hydrogens is 973 g/mol. The van der Waals surface area contributed by atoms with Gasteiger partial charge in [-0.3, -0.25) is 14.4 Å². The van der Waals surface area contributed by atoms with Gasteiger partial charge in [0.05, 0.1) is 0 Å². The molecule has 0 aromatic rings. The van der Waals surface area contributed by atoms with Crippen molar-refractivity contribution in [1.82, 2.24) is 0 Å². The number of hydrogen-bond acceptors (Lipinski definition) is 6. The summed E-state index contributed by atoms with van der Waals surface area (Å²) < 4.78 is 16.8. The van der Waals surface area contributed by atoms with Crippen molar-refractivity contribution in [3.05, 3.63) is 182 Å². The first-order valence-corrected chi connectivity index (χ1v) is 31.3. The number of carbonyl (C=O) groups is 3. The number of allylic oxidation sites excluding steroid dienone is 30. The van der Waals surface area contributed by atoms with E-state index in [2.05, 4.69) is 203 Å². The van der Waals surface area contributed by atoms with Crippen LogP contribution in [-0.4, -0.2) is 37.2 Å². The number of rotatable bonds is 54. The zero-order valence-corrected chi connectivity index (χ0v) is 50.3. The lowest BCUT2D eigenvalue weighted by Gasteiger charge is -2.18. The molecule has 0 saturated heterocycles. The Balaban J connectivity index is 4.51. The number of carbonyl (C=O) groups excluding carboxylic acids is 3. The smallest absolute Gasteiger partial charge is 0.306 e. The minimum atomic E-state index is -0.836. The molecule has 0 fully saturated rings. The molecule has 0 heterocycles. The summed E-state index contributed by atoms with van der Waals surface area (Å²) in [6.07, 6.45) is 97.5. The first-order chi connectivity index (χ1) is 39.0. The normalized spacial score (nSPS) is 13.4. The minimum Gasteiger partial charge on any atom is -0.462 e. The highest BCUT2D eigenvalue weighted by atomic mass is 16.6. The second kappa shape index (κ2) is 65.0. The van der Waals surface area contributed by atoms with Crippen molar-refractivity contribution in [3.8, 4) is 0 Å². The van der Waals surface area contributed by atoms with E-state index in [1.54, 1.807) is 0 Å². The Morgan fingerprint density at radius 2 is 0.506 bits per heavy atom. The highest BCUT2D eigenvalue weighted by molar-refractivity contribution is 5.71. The molecule has 0 aromatic carbocycles. The first-order valence-electron chi connectivity index (χ1n) is 31.3. The Labute approximate surface area is 484 Å². The Kier molecular flexibility index (Phi) is 60.5. The van der Waals surface area contributed by atoms with Gasteiger partial charge in [-0.05, 0) is 154 Å². The lowest BCUT2D eigenvalue weighted by atomic mass is 10.1. The van der Waals surface area contributed by atoms with E-state index in [9.17, 15) is 14.4 Å². The van der Waals surface area contributed by atoms with Crippen molar-refractivity contribution in [2.75, 3.05) is 13.2 Å². The third-order valence-electron chi connectivity index (χ3n) is 12.4. The maximum absolute atomic E-state index is 12.9. The van der Waals surface area contributed by atoms with E-state index in [1.165, 1.54) is 25.7 Å². The molecule has 0 rings (SSSR count). The van der Waals surface area contributed by atoms with E-state index >= 15 is 0 Å². The van der Waals surface area contributed by atoms with E-state index in [0.717, 1.165) is 167 Å². The number of esters is 3. The van der Waals surface area contributed by atoms with Gasteiger partial charge in [-0.2, -0.15) is 0 Å². The van der Waals surface area contributed by atoms with Crippen LogP contribution in [0.5, 0.6) is 0 Å². The lowest BCUT2D eigenvalue weighted by Crippen LogP contribution is -2.30. The fourth-order valence-electron chi connectivity index (χ4n) is 7.76. The Morgan fingerprint density at radius 1 is 0.266 bits per heavy atom. The third-order valence-corrected chi connectivity index (χ3v) is 12.4. The van der Waals surface area contributed by atoms with E-state index < -0.39 is 6.10 Å². The number of hydrogen-bond donors (Lipinski definition) is 0. The van der Waals surface area contributed by atoms with Crippen LogP contribution in [0.15, 0.2) is 182 Å². The second-order valence-corrected chi connectivity index (χ2v) is 19.8. The summed E-state index contributed by atoms with van der Waals surface area (Å²) >= 11 is 0. The monoisotopic (exact) mass is 1080 g/mol. The van der Waals surface area contributed by atoms with Crippen LogP contribution in [0, 0.1) is 0 Å².